The molecule has 3 nitrogen and oxygen atoms in total. The maximum absolute atomic E-state index is 4.98. The van der Waals surface area contributed by atoms with Gasteiger partial charge in [0.25, 0.3) is 0 Å². The molecular formula is C28H17N3. The van der Waals surface area contributed by atoms with Crippen LogP contribution in [0.25, 0.3) is 60.3 Å². The summed E-state index contributed by atoms with van der Waals surface area (Å²) in [7, 11) is 0. The molecule has 5 aromatic carbocycles. The third kappa shape index (κ3) is 2.29. The van der Waals surface area contributed by atoms with Gasteiger partial charge in [0.1, 0.15) is 0 Å². The van der Waals surface area contributed by atoms with Gasteiger partial charge in [-0.3, -0.25) is 0 Å². The highest BCUT2D eigenvalue weighted by molar-refractivity contribution is 6.14. The minimum absolute atomic E-state index is 0.911. The summed E-state index contributed by atoms with van der Waals surface area (Å²) in [5.41, 5.74) is 7.21. The van der Waals surface area contributed by atoms with Crippen molar-refractivity contribution in [1.29, 1.82) is 0 Å². The molecule has 0 aliphatic rings. The summed E-state index contributed by atoms with van der Waals surface area (Å²) in [6, 6.07) is 36.0. The van der Waals surface area contributed by atoms with Gasteiger partial charge in [-0.2, -0.15) is 0 Å². The van der Waals surface area contributed by atoms with E-state index < -0.39 is 0 Å². The summed E-state index contributed by atoms with van der Waals surface area (Å²) in [4.78, 5) is 9.96. The number of fused-ring (bicyclic) bond motifs is 7. The van der Waals surface area contributed by atoms with Gasteiger partial charge >= 0.3 is 0 Å². The van der Waals surface area contributed by atoms with E-state index in [0.717, 1.165) is 33.1 Å². The zero-order valence-corrected chi connectivity index (χ0v) is 16.7. The highest BCUT2D eigenvalue weighted by atomic mass is 15.0. The van der Waals surface area contributed by atoms with E-state index in [9.17, 15) is 0 Å². The van der Waals surface area contributed by atoms with Crippen molar-refractivity contribution in [3.63, 3.8) is 0 Å². The van der Waals surface area contributed by atoms with Gasteiger partial charge in [-0.05, 0) is 30.3 Å². The SMILES string of the molecule is c1ccc2nc3c(cc(-n4c5ccccc5c5ccccc54)c4ccccc43)nc2c1. The van der Waals surface area contributed by atoms with E-state index in [-0.39, 0.29) is 0 Å². The van der Waals surface area contributed by atoms with Crippen molar-refractivity contribution in [3.8, 4) is 5.69 Å². The standard InChI is InChI=1S/C28H17N3/c1-2-12-21-20(11-1)27(17-24-28(21)30-23-14-6-5-13-22(23)29-24)31-25-15-7-3-9-18(25)19-10-4-8-16-26(19)31/h1-17H. The third-order valence-corrected chi connectivity index (χ3v) is 6.15. The molecule has 0 spiro atoms. The van der Waals surface area contributed by atoms with Crippen LogP contribution in [0.15, 0.2) is 103 Å². The van der Waals surface area contributed by atoms with E-state index in [1.807, 2.05) is 24.3 Å². The molecule has 0 aliphatic heterocycles. The lowest BCUT2D eigenvalue weighted by Gasteiger charge is -2.14. The van der Waals surface area contributed by atoms with E-state index in [1.54, 1.807) is 0 Å². The lowest BCUT2D eigenvalue weighted by molar-refractivity contribution is 1.20. The van der Waals surface area contributed by atoms with Gasteiger partial charge in [-0.25, -0.2) is 9.97 Å². The Morgan fingerprint density at radius 1 is 0.452 bits per heavy atom. The molecule has 31 heavy (non-hydrogen) atoms. The smallest absolute Gasteiger partial charge is 0.0974 e. The van der Waals surface area contributed by atoms with Crippen LogP contribution in [0.4, 0.5) is 0 Å². The van der Waals surface area contributed by atoms with E-state index >= 15 is 0 Å². The van der Waals surface area contributed by atoms with E-state index in [1.165, 1.54) is 27.2 Å². The van der Waals surface area contributed by atoms with Crippen LogP contribution in [0, 0.1) is 0 Å². The molecule has 0 radical (unpaired) electrons. The average Bonchev–Trinajstić information content (AvgIpc) is 3.17. The van der Waals surface area contributed by atoms with Crippen LogP contribution in [0.5, 0.6) is 0 Å². The second-order valence-corrected chi connectivity index (χ2v) is 7.89. The van der Waals surface area contributed by atoms with Crippen LogP contribution in [-0.2, 0) is 0 Å². The first kappa shape index (κ1) is 16.5. The fraction of sp³-hybridized carbons (Fsp3) is 0. The second-order valence-electron chi connectivity index (χ2n) is 7.89. The zero-order valence-electron chi connectivity index (χ0n) is 16.7. The van der Waals surface area contributed by atoms with Gasteiger partial charge in [-0.15, -0.1) is 0 Å². The molecule has 7 rings (SSSR count). The molecule has 3 heteroatoms. The number of benzene rings is 5. The van der Waals surface area contributed by atoms with Crippen molar-refractivity contribution in [1.82, 2.24) is 14.5 Å². The number of para-hydroxylation sites is 4. The first-order valence-corrected chi connectivity index (χ1v) is 10.5. The third-order valence-electron chi connectivity index (χ3n) is 6.15. The van der Waals surface area contributed by atoms with Gasteiger partial charge in [0.05, 0.1) is 38.8 Å². The van der Waals surface area contributed by atoms with Crippen LogP contribution in [0.1, 0.15) is 0 Å². The van der Waals surface area contributed by atoms with Crippen molar-refractivity contribution >= 4 is 54.6 Å². The normalized spacial score (nSPS) is 11.9. The largest absolute Gasteiger partial charge is 0.309 e. The summed E-state index contributed by atoms with van der Waals surface area (Å²) >= 11 is 0. The van der Waals surface area contributed by atoms with Gasteiger partial charge in [0, 0.05) is 21.5 Å². The topological polar surface area (TPSA) is 30.7 Å². The van der Waals surface area contributed by atoms with Crippen LogP contribution in [0.3, 0.4) is 0 Å². The monoisotopic (exact) mass is 395 g/mol. The molecule has 0 fully saturated rings. The molecule has 0 atom stereocenters. The first-order valence-electron chi connectivity index (χ1n) is 10.5. The summed E-state index contributed by atoms with van der Waals surface area (Å²) in [6.45, 7) is 0. The Morgan fingerprint density at radius 2 is 0.968 bits per heavy atom. The highest BCUT2D eigenvalue weighted by Gasteiger charge is 2.16. The molecule has 0 saturated heterocycles. The predicted molar refractivity (Wildman–Crippen MR) is 129 cm³/mol. The lowest BCUT2D eigenvalue weighted by atomic mass is 10.1. The average molecular weight is 395 g/mol. The Bertz CT molecular complexity index is 1740. The van der Waals surface area contributed by atoms with Crippen molar-refractivity contribution in [2.24, 2.45) is 0 Å². The quantitative estimate of drug-likeness (QED) is 0.221. The molecule has 2 aromatic heterocycles. The van der Waals surface area contributed by atoms with Crippen molar-refractivity contribution in [2.75, 3.05) is 0 Å². The minimum atomic E-state index is 0.911. The Kier molecular flexibility index (Phi) is 3.27. The van der Waals surface area contributed by atoms with Crippen LogP contribution >= 0.6 is 0 Å². The van der Waals surface area contributed by atoms with Crippen LogP contribution < -0.4 is 0 Å². The van der Waals surface area contributed by atoms with Crippen molar-refractivity contribution in [2.45, 2.75) is 0 Å². The van der Waals surface area contributed by atoms with Gasteiger partial charge in [0.2, 0.25) is 0 Å². The number of aromatic nitrogens is 3. The maximum Gasteiger partial charge on any atom is 0.0974 e. The molecule has 0 aliphatic carbocycles. The lowest BCUT2D eigenvalue weighted by Crippen LogP contribution is -1.98. The minimum Gasteiger partial charge on any atom is -0.309 e. The van der Waals surface area contributed by atoms with E-state index in [0.29, 0.717) is 0 Å². The zero-order chi connectivity index (χ0) is 20.4. The predicted octanol–water partition coefficient (Wildman–Crippen LogP) is 7.03. The molecule has 0 saturated carbocycles. The van der Waals surface area contributed by atoms with E-state index in [2.05, 4.69) is 83.4 Å². The van der Waals surface area contributed by atoms with Crippen molar-refractivity contribution in [3.05, 3.63) is 103 Å². The molecule has 0 unspecified atom stereocenters. The number of rotatable bonds is 1. The fourth-order valence-electron chi connectivity index (χ4n) is 4.80. The van der Waals surface area contributed by atoms with Crippen molar-refractivity contribution < 1.29 is 0 Å². The molecule has 0 bridgehead atoms. The van der Waals surface area contributed by atoms with E-state index in [4.69, 9.17) is 9.97 Å². The van der Waals surface area contributed by atoms with Crippen LogP contribution in [0.2, 0.25) is 0 Å². The van der Waals surface area contributed by atoms with Gasteiger partial charge < -0.3 is 4.57 Å². The highest BCUT2D eigenvalue weighted by Crippen LogP contribution is 2.36. The molecule has 0 amide bonds. The second kappa shape index (κ2) is 6.13. The number of hydrogen-bond acceptors (Lipinski definition) is 2. The summed E-state index contributed by atoms with van der Waals surface area (Å²) in [6.07, 6.45) is 0. The molecule has 2 heterocycles. The molecule has 144 valence electrons. The first-order chi connectivity index (χ1) is 15.4. The maximum atomic E-state index is 4.98. The van der Waals surface area contributed by atoms with Gasteiger partial charge in [-0.1, -0.05) is 72.8 Å². The molecular weight excluding hydrogens is 378 g/mol. The summed E-state index contributed by atoms with van der Waals surface area (Å²) < 4.78 is 2.36. The fourth-order valence-corrected chi connectivity index (χ4v) is 4.80. The van der Waals surface area contributed by atoms with Gasteiger partial charge in [0.15, 0.2) is 0 Å². The Hall–Kier alpha value is -4.24. The number of nitrogens with zero attached hydrogens (tertiary/aromatic N) is 3. The molecule has 7 aromatic rings. The Labute approximate surface area is 178 Å². The summed E-state index contributed by atoms with van der Waals surface area (Å²) in [5, 5.41) is 4.81. The Morgan fingerprint density at radius 3 is 1.65 bits per heavy atom. The number of hydrogen-bond donors (Lipinski definition) is 0. The molecule has 0 N–H and O–H groups in total. The summed E-state index contributed by atoms with van der Waals surface area (Å²) in [5.74, 6) is 0. The van der Waals surface area contributed by atoms with Crippen LogP contribution in [-0.4, -0.2) is 14.5 Å². The Balaban J connectivity index is 1.71.